The molecule has 0 heterocycles. The quantitative estimate of drug-likeness (QED) is 0.846. The maximum Gasteiger partial charge on any atom is 0.0300 e. The summed E-state index contributed by atoms with van der Waals surface area (Å²) in [7, 11) is 4.36. The van der Waals surface area contributed by atoms with E-state index in [0.29, 0.717) is 6.04 Å². The number of rotatable bonds is 6. The highest BCUT2D eigenvalue weighted by molar-refractivity contribution is 5.40. The van der Waals surface area contributed by atoms with Crippen molar-refractivity contribution in [2.45, 2.75) is 51.1 Å². The van der Waals surface area contributed by atoms with Crippen LogP contribution in [0.2, 0.25) is 0 Å². The molecule has 0 bridgehead atoms. The SMILES string of the molecule is CCNC(CC1Cc2ccccc21)C(C)(C)N(C)C. The Labute approximate surface area is 118 Å². The lowest BCUT2D eigenvalue weighted by molar-refractivity contribution is 0.127. The fourth-order valence-corrected chi connectivity index (χ4v) is 3.04. The topological polar surface area (TPSA) is 15.3 Å². The summed E-state index contributed by atoms with van der Waals surface area (Å²) in [6, 6.07) is 9.43. The molecule has 1 N–H and O–H groups in total. The molecule has 0 radical (unpaired) electrons. The fourth-order valence-electron chi connectivity index (χ4n) is 3.04. The normalized spacial score (nSPS) is 20.0. The maximum absolute atomic E-state index is 3.69. The minimum Gasteiger partial charge on any atom is -0.312 e. The first-order chi connectivity index (χ1) is 8.96. The first kappa shape index (κ1) is 14.5. The van der Waals surface area contributed by atoms with Crippen LogP contribution in [0.3, 0.4) is 0 Å². The van der Waals surface area contributed by atoms with Gasteiger partial charge in [0.25, 0.3) is 0 Å². The molecule has 2 nitrogen and oxygen atoms in total. The molecule has 0 saturated carbocycles. The zero-order valence-corrected chi connectivity index (χ0v) is 13.0. The van der Waals surface area contributed by atoms with E-state index >= 15 is 0 Å². The van der Waals surface area contributed by atoms with Gasteiger partial charge in [0.2, 0.25) is 0 Å². The van der Waals surface area contributed by atoms with Crippen molar-refractivity contribution in [2.75, 3.05) is 20.6 Å². The number of benzene rings is 1. The van der Waals surface area contributed by atoms with Gasteiger partial charge in [-0.05, 0) is 64.4 Å². The van der Waals surface area contributed by atoms with Crippen LogP contribution >= 0.6 is 0 Å². The van der Waals surface area contributed by atoms with Gasteiger partial charge in [-0.25, -0.2) is 0 Å². The van der Waals surface area contributed by atoms with E-state index in [1.807, 2.05) is 0 Å². The van der Waals surface area contributed by atoms with Crippen molar-refractivity contribution in [3.8, 4) is 0 Å². The Morgan fingerprint density at radius 1 is 1.32 bits per heavy atom. The largest absolute Gasteiger partial charge is 0.312 e. The number of hydrogen-bond acceptors (Lipinski definition) is 2. The molecule has 0 aromatic heterocycles. The van der Waals surface area contributed by atoms with Crippen LogP contribution in [0.15, 0.2) is 24.3 Å². The van der Waals surface area contributed by atoms with Crippen LogP contribution < -0.4 is 5.32 Å². The molecule has 0 spiro atoms. The van der Waals surface area contributed by atoms with Crippen molar-refractivity contribution in [2.24, 2.45) is 0 Å². The molecule has 2 heteroatoms. The Bertz CT molecular complexity index is 423. The zero-order valence-electron chi connectivity index (χ0n) is 13.0. The van der Waals surface area contributed by atoms with Crippen LogP contribution in [-0.4, -0.2) is 37.1 Å². The Balaban J connectivity index is 2.07. The van der Waals surface area contributed by atoms with Crippen LogP contribution in [0.5, 0.6) is 0 Å². The first-order valence-electron chi connectivity index (χ1n) is 7.45. The third-order valence-corrected chi connectivity index (χ3v) is 4.94. The summed E-state index contributed by atoms with van der Waals surface area (Å²) >= 11 is 0. The van der Waals surface area contributed by atoms with E-state index in [0.717, 1.165) is 12.5 Å². The summed E-state index contributed by atoms with van der Waals surface area (Å²) in [6.45, 7) is 7.92. The van der Waals surface area contributed by atoms with Gasteiger partial charge >= 0.3 is 0 Å². The molecule has 106 valence electrons. The lowest BCUT2D eigenvalue weighted by atomic mass is 9.72. The summed E-state index contributed by atoms with van der Waals surface area (Å²) in [6.07, 6.45) is 2.48. The van der Waals surface area contributed by atoms with Gasteiger partial charge in [-0.3, -0.25) is 0 Å². The molecule has 0 amide bonds. The Hall–Kier alpha value is -0.860. The standard InChI is InChI=1S/C17H28N2/c1-6-18-16(17(2,3)19(4)5)12-14-11-13-9-7-8-10-15(13)14/h7-10,14,16,18H,6,11-12H2,1-5H3. The second-order valence-electron chi connectivity index (χ2n) is 6.49. The molecule has 0 saturated heterocycles. The van der Waals surface area contributed by atoms with Gasteiger partial charge in [0.05, 0.1) is 0 Å². The molecule has 2 atom stereocenters. The predicted molar refractivity (Wildman–Crippen MR) is 82.7 cm³/mol. The zero-order chi connectivity index (χ0) is 14.0. The molecular formula is C17H28N2. The van der Waals surface area contributed by atoms with E-state index in [2.05, 4.69) is 69.3 Å². The second-order valence-corrected chi connectivity index (χ2v) is 6.49. The summed E-state index contributed by atoms with van der Waals surface area (Å²) in [4.78, 5) is 2.34. The highest BCUT2D eigenvalue weighted by Crippen LogP contribution is 2.39. The van der Waals surface area contributed by atoms with Gasteiger partial charge < -0.3 is 10.2 Å². The van der Waals surface area contributed by atoms with E-state index in [4.69, 9.17) is 0 Å². The molecular weight excluding hydrogens is 232 g/mol. The van der Waals surface area contributed by atoms with Gasteiger partial charge in [-0.15, -0.1) is 0 Å². The average molecular weight is 260 g/mol. The molecule has 2 rings (SSSR count). The third-order valence-electron chi connectivity index (χ3n) is 4.94. The van der Waals surface area contributed by atoms with Crippen LogP contribution in [0.1, 0.15) is 44.2 Å². The van der Waals surface area contributed by atoms with Gasteiger partial charge in [0.15, 0.2) is 0 Å². The minimum absolute atomic E-state index is 0.181. The summed E-state index contributed by atoms with van der Waals surface area (Å²) in [5.41, 5.74) is 3.30. The summed E-state index contributed by atoms with van der Waals surface area (Å²) < 4.78 is 0. The highest BCUT2D eigenvalue weighted by atomic mass is 15.2. The molecule has 1 aromatic carbocycles. The molecule has 1 aliphatic carbocycles. The molecule has 0 fully saturated rings. The van der Waals surface area contributed by atoms with Gasteiger partial charge in [-0.2, -0.15) is 0 Å². The van der Waals surface area contributed by atoms with E-state index in [1.165, 1.54) is 12.8 Å². The van der Waals surface area contributed by atoms with E-state index in [9.17, 15) is 0 Å². The fraction of sp³-hybridized carbons (Fsp3) is 0.647. The predicted octanol–water partition coefficient (Wildman–Crippen LogP) is 3.03. The highest BCUT2D eigenvalue weighted by Gasteiger charge is 2.36. The first-order valence-corrected chi connectivity index (χ1v) is 7.45. The summed E-state index contributed by atoms with van der Waals surface area (Å²) in [5, 5.41) is 3.69. The van der Waals surface area contributed by atoms with Crippen molar-refractivity contribution in [1.82, 2.24) is 10.2 Å². The molecule has 1 aromatic rings. The van der Waals surface area contributed by atoms with Crippen LogP contribution in [0, 0.1) is 0 Å². The second kappa shape index (κ2) is 5.64. The van der Waals surface area contributed by atoms with E-state index in [-0.39, 0.29) is 5.54 Å². The van der Waals surface area contributed by atoms with Crippen molar-refractivity contribution in [3.63, 3.8) is 0 Å². The monoisotopic (exact) mass is 260 g/mol. The van der Waals surface area contributed by atoms with Crippen molar-refractivity contribution >= 4 is 0 Å². The minimum atomic E-state index is 0.181. The van der Waals surface area contributed by atoms with Gasteiger partial charge in [0, 0.05) is 11.6 Å². The van der Waals surface area contributed by atoms with E-state index in [1.54, 1.807) is 11.1 Å². The van der Waals surface area contributed by atoms with Gasteiger partial charge in [0.1, 0.15) is 0 Å². The van der Waals surface area contributed by atoms with Crippen molar-refractivity contribution in [1.29, 1.82) is 0 Å². The molecule has 19 heavy (non-hydrogen) atoms. The summed E-state index contributed by atoms with van der Waals surface area (Å²) in [5.74, 6) is 0.736. The van der Waals surface area contributed by atoms with Crippen LogP contribution in [0.25, 0.3) is 0 Å². The molecule has 0 aliphatic heterocycles. The van der Waals surface area contributed by atoms with Crippen LogP contribution in [-0.2, 0) is 6.42 Å². The van der Waals surface area contributed by atoms with Crippen molar-refractivity contribution < 1.29 is 0 Å². The average Bonchev–Trinajstić information content (AvgIpc) is 2.34. The van der Waals surface area contributed by atoms with E-state index < -0.39 is 0 Å². The number of fused-ring (bicyclic) bond motifs is 1. The smallest absolute Gasteiger partial charge is 0.0300 e. The Kier molecular flexibility index (Phi) is 4.32. The molecule has 2 unspecified atom stereocenters. The van der Waals surface area contributed by atoms with Crippen molar-refractivity contribution in [3.05, 3.63) is 35.4 Å². The third kappa shape index (κ3) is 2.85. The lowest BCUT2D eigenvalue weighted by Gasteiger charge is -2.44. The van der Waals surface area contributed by atoms with Crippen LogP contribution in [0.4, 0.5) is 0 Å². The number of hydrogen-bond donors (Lipinski definition) is 1. The number of nitrogens with zero attached hydrogens (tertiary/aromatic N) is 1. The Morgan fingerprint density at radius 2 is 2.00 bits per heavy atom. The lowest BCUT2D eigenvalue weighted by Crippen LogP contribution is -2.56. The Morgan fingerprint density at radius 3 is 2.58 bits per heavy atom. The molecule has 1 aliphatic rings. The maximum atomic E-state index is 3.69. The number of nitrogens with one attached hydrogen (secondary N) is 1. The van der Waals surface area contributed by atoms with Gasteiger partial charge in [-0.1, -0.05) is 31.2 Å². The number of likely N-dealkylation sites (N-methyl/N-ethyl adjacent to an activating group) is 2.